The van der Waals surface area contributed by atoms with Gasteiger partial charge in [0.15, 0.2) is 0 Å². The number of amides is 2. The van der Waals surface area contributed by atoms with Crippen molar-refractivity contribution in [2.45, 2.75) is 51.5 Å². The van der Waals surface area contributed by atoms with Gasteiger partial charge in [-0.15, -0.1) is 0 Å². The molecule has 0 bridgehead atoms. The van der Waals surface area contributed by atoms with Crippen LogP contribution in [0.2, 0.25) is 0 Å². The van der Waals surface area contributed by atoms with Crippen molar-refractivity contribution in [3.63, 3.8) is 0 Å². The zero-order valence-electron chi connectivity index (χ0n) is 12.5. The summed E-state index contributed by atoms with van der Waals surface area (Å²) in [7, 11) is 0. The van der Waals surface area contributed by atoms with Crippen LogP contribution in [0.15, 0.2) is 24.3 Å². The smallest absolute Gasteiger partial charge is 0.230 e. The quantitative estimate of drug-likeness (QED) is 0.671. The van der Waals surface area contributed by atoms with Crippen LogP contribution in [0.5, 0.6) is 0 Å². The summed E-state index contributed by atoms with van der Waals surface area (Å²) in [5, 5.41) is 0. The van der Waals surface area contributed by atoms with Crippen molar-refractivity contribution in [1.29, 1.82) is 0 Å². The molecule has 2 aliphatic rings. The maximum Gasteiger partial charge on any atom is 0.230 e. The molecule has 1 saturated carbocycles. The number of imide groups is 1. The van der Waals surface area contributed by atoms with Crippen LogP contribution in [-0.2, 0) is 9.59 Å². The highest BCUT2D eigenvalue weighted by atomic mass is 16.2. The lowest BCUT2D eigenvalue weighted by atomic mass is 9.76. The molecule has 0 aromatic heterocycles. The summed E-state index contributed by atoms with van der Waals surface area (Å²) in [4.78, 5) is 26.5. The van der Waals surface area contributed by atoms with Gasteiger partial charge in [-0.2, -0.15) is 0 Å². The zero-order valence-corrected chi connectivity index (χ0v) is 12.5. The molecular formula is C17H22N2O2. The van der Waals surface area contributed by atoms with E-state index in [9.17, 15) is 9.59 Å². The largest absolute Gasteiger partial charge is 0.399 e. The summed E-state index contributed by atoms with van der Waals surface area (Å²) in [6.07, 6.45) is 5.36. The van der Waals surface area contributed by atoms with Gasteiger partial charge in [0, 0.05) is 18.5 Å². The third-order valence-electron chi connectivity index (χ3n) is 5.03. The van der Waals surface area contributed by atoms with Crippen LogP contribution in [-0.4, -0.2) is 16.7 Å². The topological polar surface area (TPSA) is 63.4 Å². The first kappa shape index (κ1) is 14.1. The van der Waals surface area contributed by atoms with Crippen LogP contribution < -0.4 is 5.73 Å². The van der Waals surface area contributed by atoms with E-state index < -0.39 is 0 Å². The number of likely N-dealkylation sites (tertiary alicyclic amines) is 1. The van der Waals surface area contributed by atoms with Crippen LogP contribution in [0.25, 0.3) is 0 Å². The fraction of sp³-hybridized carbons (Fsp3) is 0.529. The molecular weight excluding hydrogens is 264 g/mol. The first-order valence-corrected chi connectivity index (χ1v) is 7.71. The fourth-order valence-electron chi connectivity index (χ4n) is 3.89. The molecule has 21 heavy (non-hydrogen) atoms. The number of nitrogen functional groups attached to an aromatic ring is 1. The van der Waals surface area contributed by atoms with Gasteiger partial charge in [-0.1, -0.05) is 25.0 Å². The summed E-state index contributed by atoms with van der Waals surface area (Å²) in [5.41, 5.74) is 7.33. The lowest BCUT2D eigenvalue weighted by molar-refractivity contribution is -0.156. The van der Waals surface area contributed by atoms with Crippen molar-refractivity contribution in [2.75, 3.05) is 5.73 Å². The Morgan fingerprint density at radius 1 is 1.14 bits per heavy atom. The molecule has 2 fully saturated rings. The number of rotatable bonds is 2. The van der Waals surface area contributed by atoms with Crippen molar-refractivity contribution in [3.05, 3.63) is 29.8 Å². The van der Waals surface area contributed by atoms with E-state index in [0.29, 0.717) is 18.5 Å². The fourth-order valence-corrected chi connectivity index (χ4v) is 3.89. The number of anilines is 1. The van der Waals surface area contributed by atoms with Gasteiger partial charge in [-0.3, -0.25) is 14.5 Å². The number of carbonyl (C=O) groups is 2. The Morgan fingerprint density at radius 2 is 1.76 bits per heavy atom. The molecule has 4 nitrogen and oxygen atoms in total. The Hall–Kier alpha value is -1.84. The molecule has 3 rings (SSSR count). The Morgan fingerprint density at radius 3 is 2.33 bits per heavy atom. The molecule has 1 aliphatic heterocycles. The molecule has 112 valence electrons. The normalized spacial score (nSPS) is 22.8. The number of nitrogens with zero attached hydrogens (tertiary/aromatic N) is 1. The standard InChI is InChI=1S/C17H22N2O2/c1-12(13-5-4-6-14(18)9-13)19-15(20)10-17(11-16(19)21)7-2-3-8-17/h4-6,9,12H,2-3,7-8,10-11,18H2,1H3. The Labute approximate surface area is 125 Å². The van der Waals surface area contributed by atoms with E-state index in [0.717, 1.165) is 31.2 Å². The first-order chi connectivity index (χ1) is 10.0. The van der Waals surface area contributed by atoms with Gasteiger partial charge in [0.25, 0.3) is 0 Å². The average Bonchev–Trinajstić information content (AvgIpc) is 2.85. The molecule has 1 aliphatic carbocycles. The van der Waals surface area contributed by atoms with E-state index in [1.807, 2.05) is 31.2 Å². The molecule has 4 heteroatoms. The third-order valence-corrected chi connectivity index (χ3v) is 5.03. The SMILES string of the molecule is CC(c1cccc(N)c1)N1C(=O)CC2(CCCC2)CC1=O. The van der Waals surface area contributed by atoms with Crippen molar-refractivity contribution in [3.8, 4) is 0 Å². The van der Waals surface area contributed by atoms with Gasteiger partial charge < -0.3 is 5.73 Å². The molecule has 1 spiro atoms. The highest BCUT2D eigenvalue weighted by Gasteiger charge is 2.46. The van der Waals surface area contributed by atoms with Crippen LogP contribution in [0.4, 0.5) is 5.69 Å². The number of benzene rings is 1. The summed E-state index contributed by atoms with van der Waals surface area (Å²) in [6.45, 7) is 1.90. The average molecular weight is 286 g/mol. The lowest BCUT2D eigenvalue weighted by Crippen LogP contribution is -2.48. The minimum atomic E-state index is -0.243. The lowest BCUT2D eigenvalue weighted by Gasteiger charge is -2.40. The van der Waals surface area contributed by atoms with Gasteiger partial charge in [-0.05, 0) is 42.9 Å². The monoisotopic (exact) mass is 286 g/mol. The second kappa shape index (κ2) is 5.17. The Bertz CT molecular complexity index is 556. The van der Waals surface area contributed by atoms with Gasteiger partial charge in [0.1, 0.15) is 0 Å². The summed E-state index contributed by atoms with van der Waals surface area (Å²) < 4.78 is 0. The molecule has 0 radical (unpaired) electrons. The number of hydrogen-bond acceptors (Lipinski definition) is 3. The number of nitrogens with two attached hydrogens (primary N) is 1. The minimum absolute atomic E-state index is 0.0249. The predicted octanol–water partition coefficient (Wildman–Crippen LogP) is 3.04. The van der Waals surface area contributed by atoms with Crippen molar-refractivity contribution >= 4 is 17.5 Å². The minimum Gasteiger partial charge on any atom is -0.399 e. The van der Waals surface area contributed by atoms with Crippen LogP contribution in [0, 0.1) is 5.41 Å². The number of hydrogen-bond donors (Lipinski definition) is 1. The molecule has 1 saturated heterocycles. The molecule has 1 heterocycles. The molecule has 2 N–H and O–H groups in total. The first-order valence-electron chi connectivity index (χ1n) is 7.71. The maximum absolute atomic E-state index is 12.5. The molecule has 1 atom stereocenters. The van der Waals surface area contributed by atoms with Gasteiger partial charge in [0.05, 0.1) is 6.04 Å². The van der Waals surface area contributed by atoms with Crippen LogP contribution >= 0.6 is 0 Å². The zero-order chi connectivity index (χ0) is 15.0. The van der Waals surface area contributed by atoms with Gasteiger partial charge in [0.2, 0.25) is 11.8 Å². The second-order valence-electron chi connectivity index (χ2n) is 6.56. The summed E-state index contributed by atoms with van der Waals surface area (Å²) >= 11 is 0. The predicted molar refractivity (Wildman–Crippen MR) is 81.3 cm³/mol. The Kier molecular flexibility index (Phi) is 3.47. The molecule has 1 aromatic rings. The third kappa shape index (κ3) is 2.55. The van der Waals surface area contributed by atoms with Crippen LogP contribution in [0.3, 0.4) is 0 Å². The van der Waals surface area contributed by atoms with E-state index in [1.54, 1.807) is 0 Å². The highest BCUT2D eigenvalue weighted by molar-refractivity contribution is 5.99. The highest BCUT2D eigenvalue weighted by Crippen LogP contribution is 2.48. The molecule has 1 aromatic carbocycles. The number of carbonyl (C=O) groups excluding carboxylic acids is 2. The second-order valence-corrected chi connectivity index (χ2v) is 6.56. The van der Waals surface area contributed by atoms with E-state index >= 15 is 0 Å². The summed E-state index contributed by atoms with van der Waals surface area (Å²) in [6, 6.07) is 7.18. The van der Waals surface area contributed by atoms with E-state index in [2.05, 4.69) is 0 Å². The summed E-state index contributed by atoms with van der Waals surface area (Å²) in [5.74, 6) is -0.0499. The molecule has 1 unspecified atom stereocenters. The van der Waals surface area contributed by atoms with E-state index in [1.165, 1.54) is 4.90 Å². The van der Waals surface area contributed by atoms with Gasteiger partial charge >= 0.3 is 0 Å². The number of piperidine rings is 1. The van der Waals surface area contributed by atoms with Crippen molar-refractivity contribution in [1.82, 2.24) is 4.90 Å². The molecule has 2 amide bonds. The van der Waals surface area contributed by atoms with Gasteiger partial charge in [-0.25, -0.2) is 0 Å². The van der Waals surface area contributed by atoms with E-state index in [-0.39, 0.29) is 23.3 Å². The van der Waals surface area contributed by atoms with Crippen molar-refractivity contribution in [2.24, 2.45) is 5.41 Å². The Balaban J connectivity index is 1.82. The van der Waals surface area contributed by atoms with Crippen LogP contribution in [0.1, 0.15) is 57.1 Å². The van der Waals surface area contributed by atoms with E-state index in [4.69, 9.17) is 5.73 Å². The van der Waals surface area contributed by atoms with Crippen molar-refractivity contribution < 1.29 is 9.59 Å². The maximum atomic E-state index is 12.5.